The summed E-state index contributed by atoms with van der Waals surface area (Å²) >= 11 is 0. The molecule has 0 aliphatic heterocycles. The Morgan fingerprint density at radius 1 is 0.769 bits per heavy atom. The Kier molecular flexibility index (Phi) is 6.44. The molecule has 0 spiro atoms. The molecule has 1 N–H and O–H groups in total. The molecule has 3 aromatic rings. The van der Waals surface area contributed by atoms with E-state index in [4.69, 9.17) is 0 Å². The van der Waals surface area contributed by atoms with Crippen LogP contribution < -0.4 is 15.7 Å². The Morgan fingerprint density at radius 2 is 1.23 bits per heavy atom. The molecular weight excluding hydrogens is 337 g/mol. The minimum atomic E-state index is -2.94. The predicted molar refractivity (Wildman–Crippen MR) is 112 cm³/mol. The second-order valence-electron chi connectivity index (χ2n) is 6.51. The lowest BCUT2D eigenvalue weighted by molar-refractivity contribution is 0.532. The molecule has 134 valence electrons. The highest BCUT2D eigenvalue weighted by atomic mass is 31.2. The van der Waals surface area contributed by atoms with Crippen LogP contribution in [0.1, 0.15) is 37.8 Å². The number of unbranched alkanes of at least 4 members (excludes halogenated alkanes) is 1. The molecule has 3 aromatic carbocycles. The number of rotatable bonds is 8. The lowest BCUT2D eigenvalue weighted by Gasteiger charge is -2.27. The molecular formula is C23H26NOP. The molecule has 0 amide bonds. The lowest BCUT2D eigenvalue weighted by atomic mass is 10.0. The van der Waals surface area contributed by atoms with Gasteiger partial charge in [-0.3, -0.25) is 9.65 Å². The minimum absolute atomic E-state index is 0.0578. The smallest absolute Gasteiger partial charge is 0.205 e. The van der Waals surface area contributed by atoms with E-state index in [9.17, 15) is 4.57 Å². The first-order valence-corrected chi connectivity index (χ1v) is 11.0. The first-order chi connectivity index (χ1) is 12.7. The summed E-state index contributed by atoms with van der Waals surface area (Å²) in [4.78, 5) is 0. The van der Waals surface area contributed by atoms with Gasteiger partial charge in [-0.1, -0.05) is 86.5 Å². The van der Waals surface area contributed by atoms with Gasteiger partial charge in [0.25, 0.3) is 0 Å². The third-order valence-electron chi connectivity index (χ3n) is 4.63. The van der Waals surface area contributed by atoms with E-state index in [-0.39, 0.29) is 6.04 Å². The molecule has 0 aliphatic carbocycles. The van der Waals surface area contributed by atoms with E-state index in [1.807, 2.05) is 78.9 Å². The first kappa shape index (κ1) is 18.6. The standard InChI is InChI=1S/C23H26NOP/c1-2-3-19-23(20-13-7-4-8-14-20)24-26(25,21-15-9-5-10-16-21)22-17-11-6-12-18-22/h4-18,23H,2-3,19H2,1H3,(H,24,25)/t23-/m1/s1. The summed E-state index contributed by atoms with van der Waals surface area (Å²) in [6.07, 6.45) is 3.17. The van der Waals surface area contributed by atoms with Crippen molar-refractivity contribution in [3.63, 3.8) is 0 Å². The maximum Gasteiger partial charge on any atom is 0.205 e. The molecule has 0 unspecified atom stereocenters. The molecule has 0 saturated carbocycles. The molecule has 0 aromatic heterocycles. The fourth-order valence-electron chi connectivity index (χ4n) is 3.19. The first-order valence-electron chi connectivity index (χ1n) is 9.28. The lowest BCUT2D eigenvalue weighted by Crippen LogP contribution is -2.30. The van der Waals surface area contributed by atoms with Crippen molar-refractivity contribution in [3.05, 3.63) is 96.6 Å². The average Bonchev–Trinajstić information content (AvgIpc) is 2.73. The summed E-state index contributed by atoms with van der Waals surface area (Å²) in [5, 5.41) is 5.27. The van der Waals surface area contributed by atoms with Gasteiger partial charge in [0.2, 0.25) is 7.29 Å². The van der Waals surface area contributed by atoms with Crippen molar-refractivity contribution in [2.24, 2.45) is 0 Å². The van der Waals surface area contributed by atoms with Crippen LogP contribution in [-0.4, -0.2) is 0 Å². The second-order valence-corrected chi connectivity index (χ2v) is 9.02. The minimum Gasteiger partial charge on any atom is -0.297 e. The van der Waals surface area contributed by atoms with Gasteiger partial charge < -0.3 is 0 Å². The van der Waals surface area contributed by atoms with Crippen LogP contribution in [0.3, 0.4) is 0 Å². The van der Waals surface area contributed by atoms with E-state index in [0.29, 0.717) is 0 Å². The van der Waals surface area contributed by atoms with E-state index in [2.05, 4.69) is 24.1 Å². The molecule has 0 heterocycles. The summed E-state index contributed by atoms with van der Waals surface area (Å²) in [5.41, 5.74) is 1.19. The molecule has 0 bridgehead atoms. The number of benzene rings is 3. The van der Waals surface area contributed by atoms with Crippen molar-refractivity contribution in [3.8, 4) is 0 Å². The quantitative estimate of drug-likeness (QED) is 0.540. The fourth-order valence-corrected chi connectivity index (χ4v) is 5.69. The monoisotopic (exact) mass is 363 g/mol. The van der Waals surface area contributed by atoms with Gasteiger partial charge in [-0.25, -0.2) is 0 Å². The van der Waals surface area contributed by atoms with Crippen molar-refractivity contribution in [2.75, 3.05) is 0 Å². The van der Waals surface area contributed by atoms with Crippen LogP contribution in [0.2, 0.25) is 0 Å². The zero-order valence-corrected chi connectivity index (χ0v) is 16.1. The summed E-state index contributed by atoms with van der Waals surface area (Å²) in [6.45, 7) is 2.19. The van der Waals surface area contributed by atoms with Gasteiger partial charge in [-0.15, -0.1) is 0 Å². The van der Waals surface area contributed by atoms with Gasteiger partial charge in [-0.05, 0) is 36.2 Å². The van der Waals surface area contributed by atoms with Crippen molar-refractivity contribution < 1.29 is 4.57 Å². The molecule has 3 heteroatoms. The number of hydrogen-bond donors (Lipinski definition) is 1. The maximum atomic E-state index is 14.3. The van der Waals surface area contributed by atoms with Gasteiger partial charge in [0.15, 0.2) is 0 Å². The highest BCUT2D eigenvalue weighted by Gasteiger charge is 2.30. The summed E-state index contributed by atoms with van der Waals surface area (Å²) in [7, 11) is -2.94. The van der Waals surface area contributed by atoms with Gasteiger partial charge in [-0.2, -0.15) is 0 Å². The van der Waals surface area contributed by atoms with Crippen LogP contribution in [0.25, 0.3) is 0 Å². The highest BCUT2D eigenvalue weighted by molar-refractivity contribution is 7.76. The zero-order chi connectivity index (χ0) is 18.2. The third-order valence-corrected chi connectivity index (χ3v) is 7.35. The summed E-state index contributed by atoms with van der Waals surface area (Å²) in [6, 6.07) is 30.0. The molecule has 26 heavy (non-hydrogen) atoms. The van der Waals surface area contributed by atoms with Gasteiger partial charge in [0.05, 0.1) is 0 Å². The van der Waals surface area contributed by atoms with Crippen LogP contribution in [0.5, 0.6) is 0 Å². The molecule has 0 fully saturated rings. The van der Waals surface area contributed by atoms with Gasteiger partial charge in [0.1, 0.15) is 0 Å². The Morgan fingerprint density at radius 3 is 1.69 bits per heavy atom. The van der Waals surface area contributed by atoms with Crippen molar-refractivity contribution in [1.29, 1.82) is 0 Å². The molecule has 0 aliphatic rings. The molecule has 0 saturated heterocycles. The van der Waals surface area contributed by atoms with E-state index in [0.717, 1.165) is 29.9 Å². The topological polar surface area (TPSA) is 29.1 Å². The predicted octanol–water partition coefficient (Wildman–Crippen LogP) is 5.44. The van der Waals surface area contributed by atoms with Crippen LogP contribution in [0.15, 0.2) is 91.0 Å². The van der Waals surface area contributed by atoms with Crippen LogP contribution in [0, 0.1) is 0 Å². The van der Waals surface area contributed by atoms with E-state index < -0.39 is 7.29 Å². The average molecular weight is 363 g/mol. The SMILES string of the molecule is CCCC[C@@H](NP(=O)(c1ccccc1)c1ccccc1)c1ccccc1. The normalized spacial score (nSPS) is 12.7. The fraction of sp³-hybridized carbons (Fsp3) is 0.217. The summed E-state index contributed by atoms with van der Waals surface area (Å²) < 4.78 is 14.3. The van der Waals surface area contributed by atoms with Crippen molar-refractivity contribution >= 4 is 17.9 Å². The van der Waals surface area contributed by atoms with Crippen LogP contribution >= 0.6 is 7.29 Å². The highest BCUT2D eigenvalue weighted by Crippen LogP contribution is 2.42. The molecule has 2 nitrogen and oxygen atoms in total. The third kappa shape index (κ3) is 4.33. The Labute approximate surface area is 156 Å². The molecule has 1 atom stereocenters. The van der Waals surface area contributed by atoms with Crippen LogP contribution in [0.4, 0.5) is 0 Å². The largest absolute Gasteiger partial charge is 0.297 e. The summed E-state index contributed by atoms with van der Waals surface area (Å²) in [5.74, 6) is 0. The van der Waals surface area contributed by atoms with Crippen LogP contribution in [-0.2, 0) is 4.57 Å². The Balaban J connectivity index is 2.02. The Bertz CT molecular complexity index is 790. The molecule has 0 radical (unpaired) electrons. The van der Waals surface area contributed by atoms with Crippen molar-refractivity contribution in [1.82, 2.24) is 5.09 Å². The zero-order valence-electron chi connectivity index (χ0n) is 15.2. The van der Waals surface area contributed by atoms with E-state index in [1.165, 1.54) is 5.56 Å². The van der Waals surface area contributed by atoms with E-state index in [1.54, 1.807) is 0 Å². The Hall–Kier alpha value is -2.15. The van der Waals surface area contributed by atoms with Crippen molar-refractivity contribution in [2.45, 2.75) is 32.2 Å². The second kappa shape index (κ2) is 8.98. The van der Waals surface area contributed by atoms with E-state index >= 15 is 0 Å². The van der Waals surface area contributed by atoms with Gasteiger partial charge >= 0.3 is 0 Å². The molecule has 3 rings (SSSR count). The number of hydrogen-bond acceptors (Lipinski definition) is 1. The van der Waals surface area contributed by atoms with Gasteiger partial charge in [0, 0.05) is 16.7 Å². The number of nitrogens with one attached hydrogen (secondary N) is 1. The maximum absolute atomic E-state index is 14.3.